The van der Waals surface area contributed by atoms with Crippen molar-refractivity contribution in [1.82, 2.24) is 0 Å². The molecule has 0 bridgehead atoms. The lowest BCUT2D eigenvalue weighted by Gasteiger charge is -2.35. The first-order valence-corrected chi connectivity index (χ1v) is 5.02. The zero-order chi connectivity index (χ0) is 8.86. The molecule has 0 saturated carbocycles. The van der Waals surface area contributed by atoms with Crippen LogP contribution < -0.4 is 0 Å². The minimum atomic E-state index is -0.228. The Labute approximate surface area is 75.2 Å². The maximum atomic E-state index is 5.69. The molecule has 2 nitrogen and oxygen atoms in total. The number of rotatable bonds is 4. The van der Waals surface area contributed by atoms with Gasteiger partial charge in [-0.1, -0.05) is 13.3 Å². The van der Waals surface area contributed by atoms with Gasteiger partial charge in [-0.3, -0.25) is 0 Å². The van der Waals surface area contributed by atoms with Crippen molar-refractivity contribution < 1.29 is 9.47 Å². The van der Waals surface area contributed by atoms with Crippen molar-refractivity contribution in [2.45, 2.75) is 51.2 Å². The highest BCUT2D eigenvalue weighted by atomic mass is 16.7. The second-order valence-electron chi connectivity index (χ2n) is 3.52. The monoisotopic (exact) mass is 172 g/mol. The van der Waals surface area contributed by atoms with E-state index in [0.29, 0.717) is 0 Å². The van der Waals surface area contributed by atoms with Crippen LogP contribution in [0, 0.1) is 0 Å². The Hall–Kier alpha value is -0.0800. The Morgan fingerprint density at radius 1 is 1.42 bits per heavy atom. The van der Waals surface area contributed by atoms with Gasteiger partial charge in [0, 0.05) is 20.0 Å². The average molecular weight is 172 g/mol. The molecule has 1 saturated heterocycles. The first-order valence-electron chi connectivity index (χ1n) is 5.02. The Balaban J connectivity index is 2.37. The summed E-state index contributed by atoms with van der Waals surface area (Å²) in [4.78, 5) is 0. The van der Waals surface area contributed by atoms with Crippen LogP contribution in [-0.4, -0.2) is 19.5 Å². The lowest BCUT2D eigenvalue weighted by atomic mass is 10.00. The number of hydrogen-bond donors (Lipinski definition) is 0. The number of unbranched alkanes of at least 4 members (excludes halogenated alkanes) is 1. The summed E-state index contributed by atoms with van der Waals surface area (Å²) in [6.07, 6.45) is 6.99. The molecule has 1 unspecified atom stereocenters. The first-order chi connectivity index (χ1) is 5.83. The van der Waals surface area contributed by atoms with E-state index >= 15 is 0 Å². The molecule has 0 radical (unpaired) electrons. The average Bonchev–Trinajstić information content (AvgIpc) is 2.16. The third kappa shape index (κ3) is 2.46. The van der Waals surface area contributed by atoms with E-state index in [-0.39, 0.29) is 5.79 Å². The highest BCUT2D eigenvalue weighted by Crippen LogP contribution is 2.30. The summed E-state index contributed by atoms with van der Waals surface area (Å²) in [5.41, 5.74) is 0. The molecule has 12 heavy (non-hydrogen) atoms. The molecule has 0 N–H and O–H groups in total. The predicted octanol–water partition coefficient (Wildman–Crippen LogP) is 2.72. The van der Waals surface area contributed by atoms with Crippen molar-refractivity contribution in [2.24, 2.45) is 0 Å². The van der Waals surface area contributed by atoms with Gasteiger partial charge in [-0.05, 0) is 19.3 Å². The Bertz CT molecular complexity index is 117. The first kappa shape index (κ1) is 10.0. The van der Waals surface area contributed by atoms with E-state index in [9.17, 15) is 0 Å². The second-order valence-corrected chi connectivity index (χ2v) is 3.52. The molecule has 1 atom stereocenters. The highest BCUT2D eigenvalue weighted by Gasteiger charge is 2.31. The van der Waals surface area contributed by atoms with Gasteiger partial charge < -0.3 is 9.47 Å². The third-order valence-corrected chi connectivity index (χ3v) is 2.60. The fourth-order valence-electron chi connectivity index (χ4n) is 1.73. The van der Waals surface area contributed by atoms with Gasteiger partial charge in [-0.2, -0.15) is 0 Å². The van der Waals surface area contributed by atoms with Crippen LogP contribution in [0.15, 0.2) is 0 Å². The van der Waals surface area contributed by atoms with E-state index in [1.165, 1.54) is 25.7 Å². The lowest BCUT2D eigenvalue weighted by Crippen LogP contribution is -2.38. The van der Waals surface area contributed by atoms with Crippen LogP contribution in [0.1, 0.15) is 45.4 Å². The Morgan fingerprint density at radius 2 is 2.25 bits per heavy atom. The molecule has 1 fully saturated rings. The van der Waals surface area contributed by atoms with E-state index in [1.807, 2.05) is 0 Å². The van der Waals surface area contributed by atoms with Crippen molar-refractivity contribution in [3.8, 4) is 0 Å². The number of methoxy groups -OCH3 is 1. The SMILES string of the molecule is CCCCC1(OC)CCCCO1. The zero-order valence-electron chi connectivity index (χ0n) is 8.27. The standard InChI is InChI=1S/C10H20O2/c1-3-4-7-10(11-2)8-5-6-9-12-10/h3-9H2,1-2H3. The lowest BCUT2D eigenvalue weighted by molar-refractivity contribution is -0.246. The zero-order valence-corrected chi connectivity index (χ0v) is 8.27. The van der Waals surface area contributed by atoms with E-state index in [1.54, 1.807) is 7.11 Å². The van der Waals surface area contributed by atoms with Gasteiger partial charge in [-0.25, -0.2) is 0 Å². The molecule has 2 heteroatoms. The number of hydrogen-bond acceptors (Lipinski definition) is 2. The summed E-state index contributed by atoms with van der Waals surface area (Å²) >= 11 is 0. The molecule has 0 aromatic carbocycles. The van der Waals surface area contributed by atoms with Gasteiger partial charge in [0.05, 0.1) is 6.61 Å². The minimum Gasteiger partial charge on any atom is -0.353 e. The van der Waals surface area contributed by atoms with Crippen LogP contribution in [0.25, 0.3) is 0 Å². The van der Waals surface area contributed by atoms with Gasteiger partial charge in [0.25, 0.3) is 0 Å². The highest BCUT2D eigenvalue weighted by molar-refractivity contribution is 4.73. The topological polar surface area (TPSA) is 18.5 Å². The maximum Gasteiger partial charge on any atom is 0.167 e. The summed E-state index contributed by atoms with van der Waals surface area (Å²) < 4.78 is 11.2. The summed E-state index contributed by atoms with van der Waals surface area (Å²) in [7, 11) is 1.76. The Morgan fingerprint density at radius 3 is 2.75 bits per heavy atom. The smallest absolute Gasteiger partial charge is 0.167 e. The van der Waals surface area contributed by atoms with Crippen LogP contribution in [0.3, 0.4) is 0 Å². The molecule has 1 heterocycles. The maximum absolute atomic E-state index is 5.69. The van der Waals surface area contributed by atoms with E-state index in [2.05, 4.69) is 6.92 Å². The van der Waals surface area contributed by atoms with Gasteiger partial charge in [0.15, 0.2) is 5.79 Å². The van der Waals surface area contributed by atoms with Crippen molar-refractivity contribution in [3.63, 3.8) is 0 Å². The summed E-state index contributed by atoms with van der Waals surface area (Å²) in [5.74, 6) is -0.228. The van der Waals surface area contributed by atoms with Gasteiger partial charge in [-0.15, -0.1) is 0 Å². The summed E-state index contributed by atoms with van der Waals surface area (Å²) in [6.45, 7) is 3.07. The fraction of sp³-hybridized carbons (Fsp3) is 1.00. The molecule has 1 rings (SSSR count). The van der Waals surface area contributed by atoms with E-state index in [0.717, 1.165) is 19.4 Å². The van der Waals surface area contributed by atoms with E-state index in [4.69, 9.17) is 9.47 Å². The molecule has 72 valence electrons. The molecule has 0 aromatic heterocycles. The fourth-order valence-corrected chi connectivity index (χ4v) is 1.73. The summed E-state index contributed by atoms with van der Waals surface area (Å²) in [5, 5.41) is 0. The molecular weight excluding hydrogens is 152 g/mol. The van der Waals surface area contributed by atoms with Crippen LogP contribution in [-0.2, 0) is 9.47 Å². The van der Waals surface area contributed by atoms with Crippen molar-refractivity contribution in [2.75, 3.05) is 13.7 Å². The molecule has 1 aliphatic heterocycles. The van der Waals surface area contributed by atoms with Gasteiger partial charge in [0.1, 0.15) is 0 Å². The van der Waals surface area contributed by atoms with Crippen LogP contribution in [0.2, 0.25) is 0 Å². The normalized spacial score (nSPS) is 30.5. The molecular formula is C10H20O2. The van der Waals surface area contributed by atoms with Gasteiger partial charge in [0.2, 0.25) is 0 Å². The largest absolute Gasteiger partial charge is 0.353 e. The molecule has 0 spiro atoms. The summed E-state index contributed by atoms with van der Waals surface area (Å²) in [6, 6.07) is 0. The quantitative estimate of drug-likeness (QED) is 0.649. The molecule has 1 aliphatic rings. The van der Waals surface area contributed by atoms with Crippen molar-refractivity contribution in [1.29, 1.82) is 0 Å². The van der Waals surface area contributed by atoms with Crippen LogP contribution >= 0.6 is 0 Å². The van der Waals surface area contributed by atoms with Gasteiger partial charge >= 0.3 is 0 Å². The van der Waals surface area contributed by atoms with Crippen LogP contribution in [0.5, 0.6) is 0 Å². The van der Waals surface area contributed by atoms with Crippen molar-refractivity contribution in [3.05, 3.63) is 0 Å². The van der Waals surface area contributed by atoms with Crippen molar-refractivity contribution >= 4 is 0 Å². The molecule has 0 aliphatic carbocycles. The predicted molar refractivity (Wildman–Crippen MR) is 49.1 cm³/mol. The van der Waals surface area contributed by atoms with Crippen LogP contribution in [0.4, 0.5) is 0 Å². The molecule has 0 amide bonds. The Kier molecular flexibility index (Phi) is 4.02. The third-order valence-electron chi connectivity index (χ3n) is 2.60. The molecule has 0 aromatic rings. The minimum absolute atomic E-state index is 0.228. The second kappa shape index (κ2) is 4.83. The van der Waals surface area contributed by atoms with E-state index < -0.39 is 0 Å². The number of ether oxygens (including phenoxy) is 2.